The summed E-state index contributed by atoms with van der Waals surface area (Å²) in [7, 11) is 0. The van der Waals surface area contributed by atoms with E-state index < -0.39 is 83.8 Å². The van der Waals surface area contributed by atoms with Gasteiger partial charge in [-0.3, -0.25) is 38.5 Å². The van der Waals surface area contributed by atoms with E-state index in [-0.39, 0.29) is 35.9 Å². The number of amides is 6. The lowest BCUT2D eigenvalue weighted by molar-refractivity contribution is -0.140. The molecular weight excluding hydrogens is 748 g/mol. The number of aliphatic hydroxyl groups excluding tert-OH is 1. The van der Waals surface area contributed by atoms with Gasteiger partial charge >= 0.3 is 5.97 Å². The summed E-state index contributed by atoms with van der Waals surface area (Å²) in [5.74, 6) is -5.26. The Morgan fingerprint density at radius 1 is 0.879 bits per heavy atom. The normalized spacial score (nSPS) is 17.0. The molecular formula is C41H60N8O9. The molecule has 58 heavy (non-hydrogen) atoms. The Kier molecular flexibility index (Phi) is 16.9. The van der Waals surface area contributed by atoms with Crippen molar-refractivity contribution in [2.24, 2.45) is 17.4 Å². The zero-order valence-corrected chi connectivity index (χ0v) is 34.4. The van der Waals surface area contributed by atoms with Crippen molar-refractivity contribution in [3.05, 3.63) is 53.6 Å². The van der Waals surface area contributed by atoms with E-state index in [1.54, 1.807) is 17.9 Å². The maximum Gasteiger partial charge on any atom is 0.305 e. The highest BCUT2D eigenvalue weighted by molar-refractivity contribution is 6.03. The lowest BCUT2D eigenvalue weighted by atomic mass is 9.98. The van der Waals surface area contributed by atoms with E-state index in [4.69, 9.17) is 11.5 Å². The summed E-state index contributed by atoms with van der Waals surface area (Å²) in [4.78, 5) is 93.0. The maximum absolute atomic E-state index is 14.4. The fourth-order valence-electron chi connectivity index (χ4n) is 6.86. The first-order valence-corrected chi connectivity index (χ1v) is 19.5. The van der Waals surface area contributed by atoms with E-state index in [9.17, 15) is 43.8 Å². The van der Waals surface area contributed by atoms with Crippen LogP contribution in [0, 0.1) is 5.92 Å². The molecule has 2 aromatic carbocycles. The van der Waals surface area contributed by atoms with Gasteiger partial charge < -0.3 is 48.3 Å². The number of aliphatic carboxylic acids is 1. The number of nitrogens with two attached hydrogens (primary N) is 2. The molecule has 0 unspecified atom stereocenters. The zero-order chi connectivity index (χ0) is 43.5. The van der Waals surface area contributed by atoms with Crippen molar-refractivity contribution in [2.45, 2.75) is 129 Å². The van der Waals surface area contributed by atoms with Crippen LogP contribution in [0.2, 0.25) is 0 Å². The molecule has 0 radical (unpaired) electrons. The van der Waals surface area contributed by atoms with E-state index in [0.29, 0.717) is 37.1 Å². The van der Waals surface area contributed by atoms with Crippen LogP contribution >= 0.6 is 0 Å². The van der Waals surface area contributed by atoms with Gasteiger partial charge in [-0.15, -0.1) is 0 Å². The molecule has 0 saturated carbocycles. The summed E-state index contributed by atoms with van der Waals surface area (Å²) in [6.07, 6.45) is -0.691. The van der Waals surface area contributed by atoms with E-state index in [1.807, 2.05) is 58.9 Å². The summed E-state index contributed by atoms with van der Waals surface area (Å²) in [5, 5.41) is 32.8. The molecule has 1 saturated heterocycles. The van der Waals surface area contributed by atoms with Crippen molar-refractivity contribution in [2.75, 3.05) is 11.9 Å². The molecule has 0 spiro atoms. The number of rotatable bonds is 19. The van der Waals surface area contributed by atoms with Crippen molar-refractivity contribution in [3.8, 4) is 11.1 Å². The third-order valence-corrected chi connectivity index (χ3v) is 9.47. The first kappa shape index (κ1) is 47.0. The Bertz CT molecular complexity index is 1810. The van der Waals surface area contributed by atoms with Gasteiger partial charge in [-0.1, -0.05) is 44.2 Å². The maximum atomic E-state index is 14.4. The van der Waals surface area contributed by atoms with Gasteiger partial charge in [-0.25, -0.2) is 0 Å². The highest BCUT2D eigenvalue weighted by atomic mass is 16.4. The second-order valence-corrected chi connectivity index (χ2v) is 16.4. The molecule has 0 aromatic heterocycles. The lowest BCUT2D eigenvalue weighted by Gasteiger charge is -2.37. The minimum absolute atomic E-state index is 0.0799. The fourth-order valence-corrected chi connectivity index (χ4v) is 6.86. The van der Waals surface area contributed by atoms with Crippen LogP contribution in [-0.2, 0) is 35.3 Å². The van der Waals surface area contributed by atoms with Crippen molar-refractivity contribution in [1.29, 1.82) is 0 Å². The number of aliphatic hydroxyl groups is 1. The van der Waals surface area contributed by atoms with Crippen molar-refractivity contribution in [3.63, 3.8) is 0 Å². The Morgan fingerprint density at radius 2 is 1.53 bits per heavy atom. The van der Waals surface area contributed by atoms with Crippen LogP contribution in [0.25, 0.3) is 11.1 Å². The number of anilines is 1. The van der Waals surface area contributed by atoms with Crippen LogP contribution in [0.1, 0.15) is 96.5 Å². The van der Waals surface area contributed by atoms with Crippen LogP contribution in [-0.4, -0.2) is 105 Å². The number of hydrogen-bond donors (Lipinski definition) is 9. The molecule has 1 aliphatic heterocycles. The number of benzene rings is 2. The first-order valence-electron chi connectivity index (χ1n) is 19.5. The van der Waals surface area contributed by atoms with Gasteiger partial charge in [0.15, 0.2) is 0 Å². The molecule has 6 atom stereocenters. The number of carbonyl (C=O) groups is 7. The topological polar surface area (TPSA) is 275 Å². The number of nitrogens with one attached hydrogen (secondary N) is 5. The van der Waals surface area contributed by atoms with E-state index >= 15 is 0 Å². The highest BCUT2D eigenvalue weighted by Gasteiger charge is 2.42. The summed E-state index contributed by atoms with van der Waals surface area (Å²) in [6.45, 7) is 13.0. The molecule has 1 heterocycles. The molecule has 3 rings (SSSR count). The largest absolute Gasteiger partial charge is 0.481 e. The Balaban J connectivity index is 2.01. The van der Waals surface area contributed by atoms with Gasteiger partial charge in [0.2, 0.25) is 29.5 Å². The number of nitrogens with zero attached hydrogens (tertiary/aromatic N) is 1. The number of carboxylic acid groups (broad SMARTS) is 1. The average Bonchev–Trinajstić information content (AvgIpc) is 3.59. The summed E-state index contributed by atoms with van der Waals surface area (Å²) in [5.41, 5.74) is 13.0. The van der Waals surface area contributed by atoms with E-state index in [0.717, 1.165) is 5.56 Å². The molecule has 2 aromatic rings. The van der Waals surface area contributed by atoms with Gasteiger partial charge in [-0.05, 0) is 89.6 Å². The van der Waals surface area contributed by atoms with Crippen LogP contribution in [0.3, 0.4) is 0 Å². The quantitative estimate of drug-likeness (QED) is 0.0978. The Labute approximate surface area is 339 Å². The minimum Gasteiger partial charge on any atom is -0.481 e. The molecule has 0 aliphatic carbocycles. The van der Waals surface area contributed by atoms with E-state index in [1.165, 1.54) is 19.1 Å². The summed E-state index contributed by atoms with van der Waals surface area (Å²) in [6, 6.07) is 6.80. The second-order valence-electron chi connectivity index (χ2n) is 16.4. The Morgan fingerprint density at radius 3 is 2.09 bits per heavy atom. The van der Waals surface area contributed by atoms with E-state index in [2.05, 4.69) is 26.6 Å². The average molecular weight is 809 g/mol. The molecule has 6 amide bonds. The standard InChI is InChI=1S/C41H60N8O9/c1-22(2)17-31(38(56)46-30(36(43)54)20-34(52)53)47-37(55)27-14-15-28(26-12-10-25(21-42)11-13-26)29(19-27)45-39(57)32-9-8-16-49(32)35(40(58)48-41(5,6)7)24(4)44-33(51)18-23(3)50/h10-15,19,22-24,30-32,35,50H,8-9,16-18,20-21,42H2,1-7H3,(H2,43,54)(H,44,51)(H,45,57)(H,46,56)(H,47,55)(H,48,58)(H,52,53)/t23-,24+,30+,31-,32+,35+/m1/s1. The Hall–Kier alpha value is -5.39. The monoisotopic (exact) mass is 808 g/mol. The van der Waals surface area contributed by atoms with Gasteiger partial charge in [0, 0.05) is 28.9 Å². The predicted molar refractivity (Wildman–Crippen MR) is 218 cm³/mol. The van der Waals surface area contributed by atoms with Gasteiger partial charge in [0.05, 0.1) is 31.0 Å². The van der Waals surface area contributed by atoms with Crippen molar-refractivity contribution in [1.82, 2.24) is 26.2 Å². The van der Waals surface area contributed by atoms with Gasteiger partial charge in [0.1, 0.15) is 18.1 Å². The third-order valence-electron chi connectivity index (χ3n) is 9.47. The van der Waals surface area contributed by atoms with Crippen LogP contribution < -0.4 is 38.1 Å². The summed E-state index contributed by atoms with van der Waals surface area (Å²) < 4.78 is 0. The SMILES string of the molecule is CC(C)C[C@@H](NC(=O)c1ccc(-c2ccc(CN)cc2)c(NC(=O)[C@@H]2CCCN2[C@H](C(=O)NC(C)(C)C)[C@H](C)NC(=O)C[C@@H](C)O)c1)C(=O)N[C@@H](CC(=O)O)C(N)=O. The number of carbonyl (C=O) groups excluding carboxylic acids is 6. The molecule has 1 aliphatic rings. The first-order chi connectivity index (χ1) is 27.1. The number of hydrogen-bond acceptors (Lipinski definition) is 10. The fraction of sp³-hybridized carbons (Fsp3) is 0.537. The summed E-state index contributed by atoms with van der Waals surface area (Å²) >= 11 is 0. The van der Waals surface area contributed by atoms with Crippen LogP contribution in [0.4, 0.5) is 5.69 Å². The number of primary amides is 1. The van der Waals surface area contributed by atoms with Crippen LogP contribution in [0.15, 0.2) is 42.5 Å². The van der Waals surface area contributed by atoms with Crippen molar-refractivity contribution >= 4 is 47.1 Å². The molecule has 1 fully saturated rings. The zero-order valence-electron chi connectivity index (χ0n) is 34.4. The second kappa shape index (κ2) is 20.9. The smallest absolute Gasteiger partial charge is 0.305 e. The molecule has 11 N–H and O–H groups in total. The number of likely N-dealkylation sites (tertiary alicyclic amines) is 1. The number of carboxylic acids is 1. The van der Waals surface area contributed by atoms with Gasteiger partial charge in [0.25, 0.3) is 5.91 Å². The third kappa shape index (κ3) is 13.9. The van der Waals surface area contributed by atoms with Crippen LogP contribution in [0.5, 0.6) is 0 Å². The molecule has 17 nitrogen and oxygen atoms in total. The predicted octanol–water partition coefficient (Wildman–Crippen LogP) is 1.36. The molecule has 0 bridgehead atoms. The highest BCUT2D eigenvalue weighted by Crippen LogP contribution is 2.32. The van der Waals surface area contributed by atoms with Gasteiger partial charge in [-0.2, -0.15) is 0 Å². The minimum atomic E-state index is -1.50. The van der Waals surface area contributed by atoms with Crippen molar-refractivity contribution < 1.29 is 43.8 Å². The molecule has 318 valence electrons. The molecule has 17 heteroatoms. The lowest BCUT2D eigenvalue weighted by Crippen LogP contribution is -2.62.